The number of hydrogen-bond acceptors (Lipinski definition) is 2. The van der Waals surface area contributed by atoms with E-state index in [1.54, 1.807) is 0 Å². The summed E-state index contributed by atoms with van der Waals surface area (Å²) in [6.45, 7) is 4.49. The largest absolute Gasteiger partial charge is 0.462 e. The third-order valence-corrected chi connectivity index (χ3v) is 9.10. The standard InChI is InChI=1S/C29H52O2/c1-3-5-7-8-9-10-12-13-23-15-19-27-24(21-23)16-17-25-22-26(18-20-28(25)27)31-29(30)14-11-6-4-2/h23-28H,3-22H2,1-2H3/t23-,24?,25?,26-,27?,28?/m1/s1. The van der Waals surface area contributed by atoms with Crippen LogP contribution in [0.1, 0.15) is 142 Å². The van der Waals surface area contributed by atoms with Gasteiger partial charge in [0.25, 0.3) is 0 Å². The number of esters is 1. The van der Waals surface area contributed by atoms with Gasteiger partial charge in [-0.05, 0) is 81.0 Å². The summed E-state index contributed by atoms with van der Waals surface area (Å²) < 4.78 is 5.89. The van der Waals surface area contributed by atoms with Gasteiger partial charge in [-0.2, -0.15) is 0 Å². The van der Waals surface area contributed by atoms with Gasteiger partial charge in [-0.15, -0.1) is 0 Å². The average molecular weight is 433 g/mol. The first-order valence-electron chi connectivity index (χ1n) is 14.4. The van der Waals surface area contributed by atoms with Crippen molar-refractivity contribution in [3.8, 4) is 0 Å². The van der Waals surface area contributed by atoms with Gasteiger partial charge in [0.15, 0.2) is 0 Å². The fourth-order valence-electron chi connectivity index (χ4n) is 7.37. The third-order valence-electron chi connectivity index (χ3n) is 9.10. The molecule has 6 atom stereocenters. The van der Waals surface area contributed by atoms with Crippen molar-refractivity contribution < 1.29 is 9.53 Å². The molecule has 0 bridgehead atoms. The van der Waals surface area contributed by atoms with E-state index in [0.29, 0.717) is 6.42 Å². The van der Waals surface area contributed by atoms with E-state index in [0.717, 1.165) is 55.3 Å². The zero-order chi connectivity index (χ0) is 21.9. The van der Waals surface area contributed by atoms with Crippen LogP contribution < -0.4 is 0 Å². The van der Waals surface area contributed by atoms with E-state index in [2.05, 4.69) is 13.8 Å². The van der Waals surface area contributed by atoms with E-state index >= 15 is 0 Å². The molecule has 2 heteroatoms. The first-order valence-corrected chi connectivity index (χ1v) is 14.4. The van der Waals surface area contributed by atoms with Crippen LogP contribution in [0.3, 0.4) is 0 Å². The van der Waals surface area contributed by atoms with Crippen molar-refractivity contribution >= 4 is 5.97 Å². The van der Waals surface area contributed by atoms with Crippen molar-refractivity contribution in [1.29, 1.82) is 0 Å². The third kappa shape index (κ3) is 8.08. The smallest absolute Gasteiger partial charge is 0.306 e. The number of hydrogen-bond donors (Lipinski definition) is 0. The lowest BCUT2D eigenvalue weighted by Crippen LogP contribution is -2.43. The highest BCUT2D eigenvalue weighted by Crippen LogP contribution is 2.53. The highest BCUT2D eigenvalue weighted by Gasteiger charge is 2.44. The summed E-state index contributed by atoms with van der Waals surface area (Å²) >= 11 is 0. The Labute approximate surface area is 193 Å². The minimum Gasteiger partial charge on any atom is -0.462 e. The highest BCUT2D eigenvalue weighted by atomic mass is 16.5. The summed E-state index contributed by atoms with van der Waals surface area (Å²) in [5.74, 6) is 4.87. The van der Waals surface area contributed by atoms with Crippen LogP contribution in [0.25, 0.3) is 0 Å². The van der Waals surface area contributed by atoms with E-state index in [-0.39, 0.29) is 12.1 Å². The van der Waals surface area contributed by atoms with Crippen LogP contribution in [-0.2, 0) is 9.53 Å². The van der Waals surface area contributed by atoms with Crippen molar-refractivity contribution in [3.05, 3.63) is 0 Å². The summed E-state index contributed by atoms with van der Waals surface area (Å²) in [7, 11) is 0. The SMILES string of the molecule is CCCCCCCCC[C@@H]1CCC2C(CCC3C[C@H](OC(=O)CCCCC)CCC32)C1. The summed E-state index contributed by atoms with van der Waals surface area (Å²) in [5.41, 5.74) is 0. The number of rotatable bonds is 13. The zero-order valence-corrected chi connectivity index (χ0v) is 20.9. The van der Waals surface area contributed by atoms with E-state index in [9.17, 15) is 4.79 Å². The second-order valence-electron chi connectivity index (χ2n) is 11.4. The van der Waals surface area contributed by atoms with Crippen molar-refractivity contribution in [2.45, 2.75) is 148 Å². The normalized spacial score (nSPS) is 32.8. The quantitative estimate of drug-likeness (QED) is 0.214. The predicted molar refractivity (Wildman–Crippen MR) is 131 cm³/mol. The number of fused-ring (bicyclic) bond motifs is 3. The lowest BCUT2D eigenvalue weighted by atomic mass is 9.56. The molecule has 0 radical (unpaired) electrons. The molecule has 0 N–H and O–H groups in total. The van der Waals surface area contributed by atoms with Crippen molar-refractivity contribution in [1.82, 2.24) is 0 Å². The van der Waals surface area contributed by atoms with E-state index < -0.39 is 0 Å². The van der Waals surface area contributed by atoms with E-state index in [1.165, 1.54) is 96.3 Å². The van der Waals surface area contributed by atoms with E-state index in [4.69, 9.17) is 4.74 Å². The Kier molecular flexibility index (Phi) is 11.2. The lowest BCUT2D eigenvalue weighted by molar-refractivity contribution is -0.153. The molecule has 0 aromatic carbocycles. The van der Waals surface area contributed by atoms with Crippen LogP contribution in [0.15, 0.2) is 0 Å². The average Bonchev–Trinajstić information content (AvgIpc) is 2.78. The van der Waals surface area contributed by atoms with Gasteiger partial charge in [0.2, 0.25) is 0 Å². The molecule has 0 aromatic heterocycles. The molecule has 3 saturated carbocycles. The molecule has 0 saturated heterocycles. The number of ether oxygens (including phenoxy) is 1. The van der Waals surface area contributed by atoms with E-state index in [1.807, 2.05) is 0 Å². The van der Waals surface area contributed by atoms with Crippen LogP contribution in [0, 0.1) is 29.6 Å². The number of carbonyl (C=O) groups excluding carboxylic acids is 1. The lowest BCUT2D eigenvalue weighted by Gasteiger charge is -2.50. The molecule has 3 aliphatic rings. The molecule has 2 nitrogen and oxygen atoms in total. The second-order valence-corrected chi connectivity index (χ2v) is 11.4. The Hall–Kier alpha value is -0.530. The van der Waals surface area contributed by atoms with Crippen LogP contribution >= 0.6 is 0 Å². The summed E-state index contributed by atoms with van der Waals surface area (Å²) in [4.78, 5) is 12.2. The Bertz CT molecular complexity index is 501. The molecule has 0 spiro atoms. The van der Waals surface area contributed by atoms with Crippen molar-refractivity contribution in [3.63, 3.8) is 0 Å². The van der Waals surface area contributed by atoms with Crippen molar-refractivity contribution in [2.24, 2.45) is 29.6 Å². The first-order chi connectivity index (χ1) is 15.2. The van der Waals surface area contributed by atoms with Crippen LogP contribution in [0.4, 0.5) is 0 Å². The fourth-order valence-corrected chi connectivity index (χ4v) is 7.37. The summed E-state index contributed by atoms with van der Waals surface area (Å²) in [5, 5.41) is 0. The van der Waals surface area contributed by atoms with Gasteiger partial charge in [-0.1, -0.05) is 84.5 Å². The maximum atomic E-state index is 12.2. The van der Waals surface area contributed by atoms with Crippen LogP contribution in [0.5, 0.6) is 0 Å². The topological polar surface area (TPSA) is 26.3 Å². The first kappa shape index (κ1) is 25.1. The van der Waals surface area contributed by atoms with Crippen LogP contribution in [-0.4, -0.2) is 12.1 Å². The van der Waals surface area contributed by atoms with Gasteiger partial charge in [0.05, 0.1) is 0 Å². The molecule has 31 heavy (non-hydrogen) atoms. The Morgan fingerprint density at radius 3 is 2.03 bits per heavy atom. The zero-order valence-electron chi connectivity index (χ0n) is 20.9. The van der Waals surface area contributed by atoms with Gasteiger partial charge < -0.3 is 4.74 Å². The molecule has 0 heterocycles. The molecular weight excluding hydrogens is 380 g/mol. The molecule has 3 aliphatic carbocycles. The Balaban J connectivity index is 1.33. The number of carbonyl (C=O) groups is 1. The van der Waals surface area contributed by atoms with Gasteiger partial charge in [-0.3, -0.25) is 4.79 Å². The molecule has 0 aromatic rings. The Morgan fingerprint density at radius 1 is 0.677 bits per heavy atom. The van der Waals surface area contributed by atoms with Crippen molar-refractivity contribution in [2.75, 3.05) is 0 Å². The maximum absolute atomic E-state index is 12.2. The molecule has 4 unspecified atom stereocenters. The molecule has 0 aliphatic heterocycles. The molecule has 3 fully saturated rings. The molecular formula is C29H52O2. The molecule has 180 valence electrons. The predicted octanol–water partition coefficient (Wildman–Crippen LogP) is 8.86. The minimum atomic E-state index is 0.0662. The number of unbranched alkanes of at least 4 members (excludes halogenated alkanes) is 8. The Morgan fingerprint density at radius 2 is 1.29 bits per heavy atom. The summed E-state index contributed by atoms with van der Waals surface area (Å²) in [6, 6.07) is 0. The molecule has 3 rings (SSSR count). The maximum Gasteiger partial charge on any atom is 0.306 e. The van der Waals surface area contributed by atoms with Gasteiger partial charge in [0, 0.05) is 6.42 Å². The monoisotopic (exact) mass is 432 g/mol. The highest BCUT2D eigenvalue weighted by molar-refractivity contribution is 5.69. The minimum absolute atomic E-state index is 0.0662. The second kappa shape index (κ2) is 13.9. The summed E-state index contributed by atoms with van der Waals surface area (Å²) in [6.07, 6.45) is 26.8. The van der Waals surface area contributed by atoms with Gasteiger partial charge in [-0.25, -0.2) is 0 Å². The molecule has 0 amide bonds. The van der Waals surface area contributed by atoms with Gasteiger partial charge >= 0.3 is 5.97 Å². The van der Waals surface area contributed by atoms with Gasteiger partial charge in [0.1, 0.15) is 6.10 Å². The fraction of sp³-hybridized carbons (Fsp3) is 0.966. The van der Waals surface area contributed by atoms with Crippen LogP contribution in [0.2, 0.25) is 0 Å².